The highest BCUT2D eigenvalue weighted by molar-refractivity contribution is 7.90. The minimum absolute atomic E-state index is 0.172. The highest BCUT2D eigenvalue weighted by atomic mass is 32.2. The van der Waals surface area contributed by atoms with E-state index in [2.05, 4.69) is 29.5 Å². The second kappa shape index (κ2) is 6.44. The average Bonchev–Trinajstić information content (AvgIpc) is 3.03. The summed E-state index contributed by atoms with van der Waals surface area (Å²) in [6.07, 6.45) is 5.15. The van der Waals surface area contributed by atoms with E-state index in [4.69, 9.17) is 10.5 Å². The van der Waals surface area contributed by atoms with Crippen LogP contribution in [0, 0.1) is 5.92 Å². The number of nitrogens with one attached hydrogen (secondary N) is 2. The molecule has 2 aliphatic rings. The summed E-state index contributed by atoms with van der Waals surface area (Å²) in [5.74, 6) is 2.05. The molecule has 2 aliphatic heterocycles. The van der Waals surface area contributed by atoms with Crippen LogP contribution in [-0.4, -0.2) is 39.7 Å². The second-order valence-corrected chi connectivity index (χ2v) is 8.85. The molecule has 0 amide bonds. The summed E-state index contributed by atoms with van der Waals surface area (Å²) in [4.78, 5) is 4.66. The van der Waals surface area contributed by atoms with Gasteiger partial charge in [-0.3, -0.25) is 4.99 Å². The number of fused-ring (bicyclic) bond motifs is 1. The van der Waals surface area contributed by atoms with Crippen molar-refractivity contribution in [2.75, 3.05) is 25.2 Å². The van der Waals surface area contributed by atoms with Crippen LogP contribution in [0.3, 0.4) is 0 Å². The van der Waals surface area contributed by atoms with Gasteiger partial charge in [-0.1, -0.05) is 19.9 Å². The standard InChI is InChI=1S/C18H24N4O3S/c1-11(2)18(19)10-16(22-17-13(18)7-8-20-17)21-14-6-5-12(26(4,23)24)9-15(14)25-3/h5-7,9-11,21H,8,19H2,1-4H3,(H,20,22). The van der Waals surface area contributed by atoms with Crippen molar-refractivity contribution in [3.05, 3.63) is 41.7 Å². The van der Waals surface area contributed by atoms with Crippen molar-refractivity contribution >= 4 is 21.4 Å². The fourth-order valence-corrected chi connectivity index (χ4v) is 3.71. The van der Waals surface area contributed by atoms with Gasteiger partial charge >= 0.3 is 0 Å². The Kier molecular flexibility index (Phi) is 4.58. The van der Waals surface area contributed by atoms with Gasteiger partial charge in [0.15, 0.2) is 9.84 Å². The van der Waals surface area contributed by atoms with E-state index in [0.29, 0.717) is 23.8 Å². The molecule has 0 radical (unpaired) electrons. The Balaban J connectivity index is 1.97. The number of methoxy groups -OCH3 is 1. The Morgan fingerprint density at radius 2 is 2.12 bits per heavy atom. The Morgan fingerprint density at radius 1 is 1.38 bits per heavy atom. The predicted octanol–water partition coefficient (Wildman–Crippen LogP) is 1.65. The summed E-state index contributed by atoms with van der Waals surface area (Å²) in [6, 6.07) is 4.71. The van der Waals surface area contributed by atoms with Gasteiger partial charge in [0.25, 0.3) is 0 Å². The third-order valence-corrected chi connectivity index (χ3v) is 5.84. The van der Waals surface area contributed by atoms with Crippen LogP contribution in [0.1, 0.15) is 13.8 Å². The van der Waals surface area contributed by atoms with E-state index in [0.717, 1.165) is 17.7 Å². The molecule has 0 saturated heterocycles. The molecule has 26 heavy (non-hydrogen) atoms. The number of nitrogens with two attached hydrogens (primary N) is 1. The van der Waals surface area contributed by atoms with E-state index in [9.17, 15) is 8.42 Å². The Bertz CT molecular complexity index is 932. The second-order valence-electron chi connectivity index (χ2n) is 6.84. The van der Waals surface area contributed by atoms with Crippen LogP contribution in [0.25, 0.3) is 0 Å². The predicted molar refractivity (Wildman–Crippen MR) is 103 cm³/mol. The number of sulfone groups is 1. The lowest BCUT2D eigenvalue weighted by atomic mass is 9.78. The molecule has 0 spiro atoms. The zero-order valence-corrected chi connectivity index (χ0v) is 16.1. The maximum atomic E-state index is 11.7. The summed E-state index contributed by atoms with van der Waals surface area (Å²) >= 11 is 0. The summed E-state index contributed by atoms with van der Waals surface area (Å²) in [6.45, 7) is 4.74. The minimum atomic E-state index is -3.31. The van der Waals surface area contributed by atoms with E-state index in [1.807, 2.05) is 12.2 Å². The van der Waals surface area contributed by atoms with Gasteiger partial charge in [0.05, 0.1) is 29.8 Å². The molecule has 0 aromatic heterocycles. The van der Waals surface area contributed by atoms with Crippen molar-refractivity contribution in [3.63, 3.8) is 0 Å². The van der Waals surface area contributed by atoms with Crippen molar-refractivity contribution in [2.45, 2.75) is 24.3 Å². The highest BCUT2D eigenvalue weighted by Crippen LogP contribution is 2.34. The number of amidine groups is 1. The molecule has 0 fully saturated rings. The SMILES string of the molecule is COc1cc(S(C)(=O)=O)ccc1NC1=CC(N)(C(C)C)C2=CCN=C2N1. The fourth-order valence-electron chi connectivity index (χ4n) is 3.07. The van der Waals surface area contributed by atoms with Gasteiger partial charge in [-0.15, -0.1) is 0 Å². The largest absolute Gasteiger partial charge is 0.495 e. The van der Waals surface area contributed by atoms with E-state index >= 15 is 0 Å². The molecule has 3 rings (SSSR count). The molecule has 2 heterocycles. The van der Waals surface area contributed by atoms with Crippen LogP contribution in [-0.2, 0) is 9.84 Å². The molecule has 0 aliphatic carbocycles. The van der Waals surface area contributed by atoms with Gasteiger partial charge < -0.3 is 21.1 Å². The van der Waals surface area contributed by atoms with Gasteiger partial charge in [-0.05, 0) is 24.1 Å². The van der Waals surface area contributed by atoms with Crippen LogP contribution in [0.15, 0.2) is 51.6 Å². The molecule has 8 heteroatoms. The Labute approximate surface area is 153 Å². The van der Waals surface area contributed by atoms with E-state index in [-0.39, 0.29) is 10.8 Å². The molecule has 1 aromatic rings. The number of anilines is 1. The molecule has 1 atom stereocenters. The van der Waals surface area contributed by atoms with Crippen LogP contribution in [0.5, 0.6) is 5.75 Å². The topological polar surface area (TPSA) is 106 Å². The zero-order chi connectivity index (χ0) is 19.1. The maximum Gasteiger partial charge on any atom is 0.175 e. The number of hydrogen-bond donors (Lipinski definition) is 3. The lowest BCUT2D eigenvalue weighted by Gasteiger charge is -2.37. The highest BCUT2D eigenvalue weighted by Gasteiger charge is 2.39. The molecular weight excluding hydrogens is 352 g/mol. The van der Waals surface area contributed by atoms with Gasteiger partial charge in [0, 0.05) is 17.9 Å². The zero-order valence-electron chi connectivity index (χ0n) is 15.3. The van der Waals surface area contributed by atoms with E-state index in [1.54, 1.807) is 12.1 Å². The van der Waals surface area contributed by atoms with Gasteiger partial charge in [0.1, 0.15) is 17.4 Å². The van der Waals surface area contributed by atoms with Crippen molar-refractivity contribution in [1.29, 1.82) is 0 Å². The summed E-state index contributed by atoms with van der Waals surface area (Å²) in [7, 11) is -1.81. The van der Waals surface area contributed by atoms with E-state index in [1.165, 1.54) is 13.2 Å². The number of hydrogen-bond acceptors (Lipinski definition) is 7. The van der Waals surface area contributed by atoms with Crippen molar-refractivity contribution in [2.24, 2.45) is 16.6 Å². The number of aliphatic imine (C=N–C) groups is 1. The van der Waals surface area contributed by atoms with Crippen molar-refractivity contribution in [3.8, 4) is 5.75 Å². The van der Waals surface area contributed by atoms with Crippen molar-refractivity contribution in [1.82, 2.24) is 5.32 Å². The van der Waals surface area contributed by atoms with Crippen molar-refractivity contribution < 1.29 is 13.2 Å². The normalized spacial score (nSPS) is 22.2. The monoisotopic (exact) mass is 376 g/mol. The molecule has 7 nitrogen and oxygen atoms in total. The average molecular weight is 376 g/mol. The summed E-state index contributed by atoms with van der Waals surface area (Å²) in [5.41, 5.74) is 7.66. The molecule has 140 valence electrons. The third-order valence-electron chi connectivity index (χ3n) is 4.73. The molecule has 0 saturated carbocycles. The van der Waals surface area contributed by atoms with Crippen LogP contribution in [0.4, 0.5) is 5.69 Å². The lowest BCUT2D eigenvalue weighted by Crippen LogP contribution is -2.53. The maximum absolute atomic E-state index is 11.7. The van der Waals surface area contributed by atoms with Gasteiger partial charge in [-0.25, -0.2) is 8.42 Å². The molecule has 4 N–H and O–H groups in total. The Morgan fingerprint density at radius 3 is 2.73 bits per heavy atom. The number of ether oxygens (including phenoxy) is 1. The van der Waals surface area contributed by atoms with Crippen LogP contribution >= 0.6 is 0 Å². The smallest absolute Gasteiger partial charge is 0.175 e. The lowest BCUT2D eigenvalue weighted by molar-refractivity contribution is 0.415. The molecule has 0 bridgehead atoms. The first-order valence-electron chi connectivity index (χ1n) is 8.34. The minimum Gasteiger partial charge on any atom is -0.495 e. The fraction of sp³-hybridized carbons (Fsp3) is 0.389. The first-order valence-corrected chi connectivity index (χ1v) is 10.2. The summed E-state index contributed by atoms with van der Waals surface area (Å²) < 4.78 is 28.9. The molecular formula is C18H24N4O3S. The number of benzene rings is 1. The van der Waals surface area contributed by atoms with Gasteiger partial charge in [-0.2, -0.15) is 0 Å². The molecule has 1 aromatic carbocycles. The first-order chi connectivity index (χ1) is 12.1. The molecule has 1 unspecified atom stereocenters. The van der Waals surface area contributed by atoms with Gasteiger partial charge in [0.2, 0.25) is 0 Å². The van der Waals surface area contributed by atoms with E-state index < -0.39 is 15.4 Å². The Hall–Kier alpha value is -2.32. The third kappa shape index (κ3) is 3.22. The van der Waals surface area contributed by atoms with Crippen LogP contribution < -0.4 is 21.1 Å². The number of nitrogens with zero attached hydrogens (tertiary/aromatic N) is 1. The first kappa shape index (κ1) is 18.5. The van der Waals surface area contributed by atoms with Crippen LogP contribution in [0.2, 0.25) is 0 Å². The number of rotatable bonds is 5. The summed E-state index contributed by atoms with van der Waals surface area (Å²) in [5, 5.41) is 6.49. The quantitative estimate of drug-likeness (QED) is 0.721.